The quantitative estimate of drug-likeness (QED) is 0.462. The van der Waals surface area contributed by atoms with Crippen LogP contribution in [-0.2, 0) is 6.18 Å². The molecule has 158 valence electrons. The highest BCUT2D eigenvalue weighted by molar-refractivity contribution is 5.63. The summed E-state index contributed by atoms with van der Waals surface area (Å²) in [6, 6.07) is 14.1. The van der Waals surface area contributed by atoms with Crippen LogP contribution in [0.4, 0.5) is 36.3 Å². The van der Waals surface area contributed by atoms with Gasteiger partial charge in [0.05, 0.1) is 6.10 Å². The molecule has 5 nitrogen and oxygen atoms in total. The Balaban J connectivity index is 1.83. The van der Waals surface area contributed by atoms with E-state index in [1.807, 2.05) is 26.8 Å². The molecule has 3 aromatic rings. The Labute approximate surface area is 173 Å². The van der Waals surface area contributed by atoms with Gasteiger partial charge in [-0.25, -0.2) is 4.98 Å². The van der Waals surface area contributed by atoms with Crippen molar-refractivity contribution >= 4 is 23.1 Å². The molecule has 0 amide bonds. The van der Waals surface area contributed by atoms with Crippen LogP contribution < -0.4 is 15.4 Å². The van der Waals surface area contributed by atoms with Crippen LogP contribution in [0.3, 0.4) is 0 Å². The highest BCUT2D eigenvalue weighted by Crippen LogP contribution is 2.35. The van der Waals surface area contributed by atoms with Gasteiger partial charge in [-0.3, -0.25) is 0 Å². The average Bonchev–Trinajstić information content (AvgIpc) is 2.68. The van der Waals surface area contributed by atoms with E-state index in [9.17, 15) is 13.2 Å². The van der Waals surface area contributed by atoms with E-state index >= 15 is 0 Å². The van der Waals surface area contributed by atoms with Gasteiger partial charge >= 0.3 is 6.18 Å². The first-order valence-electron chi connectivity index (χ1n) is 9.56. The molecular formula is C22H23F3N4O. The predicted molar refractivity (Wildman–Crippen MR) is 112 cm³/mol. The van der Waals surface area contributed by atoms with Crippen molar-refractivity contribution < 1.29 is 17.9 Å². The maximum atomic E-state index is 13.4. The maximum absolute atomic E-state index is 13.4. The summed E-state index contributed by atoms with van der Waals surface area (Å²) in [5.74, 6) is 0.445. The number of alkyl halides is 3. The number of ether oxygens (including phenoxy) is 1. The van der Waals surface area contributed by atoms with Crippen molar-refractivity contribution in [2.45, 2.75) is 39.5 Å². The fraction of sp³-hybridized carbons (Fsp3) is 0.273. The molecule has 0 saturated heterocycles. The molecule has 1 aromatic heterocycles. The number of aromatic nitrogens is 2. The number of hydrogen-bond donors (Lipinski definition) is 2. The van der Waals surface area contributed by atoms with Crippen molar-refractivity contribution in [2.75, 3.05) is 10.6 Å². The van der Waals surface area contributed by atoms with Gasteiger partial charge in [0.15, 0.2) is 0 Å². The smallest absolute Gasteiger partial charge is 0.421 e. The highest BCUT2D eigenvalue weighted by atomic mass is 19.4. The van der Waals surface area contributed by atoms with Gasteiger partial charge in [-0.1, -0.05) is 19.1 Å². The number of nitrogens with one attached hydrogen (secondary N) is 2. The van der Waals surface area contributed by atoms with Crippen molar-refractivity contribution in [1.82, 2.24) is 9.97 Å². The van der Waals surface area contributed by atoms with Crippen LogP contribution in [0, 0.1) is 6.92 Å². The van der Waals surface area contributed by atoms with Gasteiger partial charge in [-0.15, -0.1) is 0 Å². The van der Waals surface area contributed by atoms with Gasteiger partial charge in [-0.2, -0.15) is 18.2 Å². The molecule has 0 aliphatic heterocycles. The molecule has 0 radical (unpaired) electrons. The molecule has 8 heteroatoms. The molecule has 0 aliphatic rings. The minimum Gasteiger partial charge on any atom is -0.491 e. The fourth-order valence-electron chi connectivity index (χ4n) is 2.67. The van der Waals surface area contributed by atoms with Crippen molar-refractivity contribution in [1.29, 1.82) is 0 Å². The zero-order valence-corrected chi connectivity index (χ0v) is 16.9. The summed E-state index contributed by atoms with van der Waals surface area (Å²) in [7, 11) is 0. The monoisotopic (exact) mass is 416 g/mol. The van der Waals surface area contributed by atoms with E-state index in [4.69, 9.17) is 4.74 Å². The van der Waals surface area contributed by atoms with E-state index in [2.05, 4.69) is 20.6 Å². The number of aryl methyl sites for hydroxylation is 1. The average molecular weight is 416 g/mol. The molecule has 0 fully saturated rings. The Morgan fingerprint density at radius 1 is 1.03 bits per heavy atom. The lowest BCUT2D eigenvalue weighted by atomic mass is 10.2. The van der Waals surface area contributed by atoms with Crippen LogP contribution in [0.25, 0.3) is 0 Å². The number of rotatable bonds is 7. The number of hydrogen-bond acceptors (Lipinski definition) is 5. The second kappa shape index (κ2) is 9.02. The molecule has 0 bridgehead atoms. The first kappa shape index (κ1) is 21.4. The topological polar surface area (TPSA) is 59.1 Å². The molecule has 0 spiro atoms. The minimum atomic E-state index is -4.58. The van der Waals surface area contributed by atoms with E-state index in [1.165, 1.54) is 0 Å². The van der Waals surface area contributed by atoms with E-state index < -0.39 is 11.7 Å². The van der Waals surface area contributed by atoms with E-state index in [0.717, 1.165) is 18.2 Å². The summed E-state index contributed by atoms with van der Waals surface area (Å²) in [4.78, 5) is 7.89. The van der Waals surface area contributed by atoms with Gasteiger partial charge < -0.3 is 15.4 Å². The Kier molecular flexibility index (Phi) is 6.44. The summed E-state index contributed by atoms with van der Waals surface area (Å²) >= 11 is 0. The van der Waals surface area contributed by atoms with Gasteiger partial charge in [0.25, 0.3) is 0 Å². The van der Waals surface area contributed by atoms with E-state index in [0.29, 0.717) is 17.1 Å². The lowest BCUT2D eigenvalue weighted by molar-refractivity contribution is -0.137. The first-order valence-corrected chi connectivity index (χ1v) is 9.56. The normalized spacial score (nSPS) is 12.3. The van der Waals surface area contributed by atoms with E-state index in [-0.39, 0.29) is 17.9 Å². The minimum absolute atomic E-state index is 0.0498. The second-order valence-electron chi connectivity index (χ2n) is 6.93. The Bertz CT molecular complexity index is 990. The van der Waals surface area contributed by atoms with Crippen LogP contribution in [0.1, 0.15) is 31.4 Å². The largest absolute Gasteiger partial charge is 0.491 e. The van der Waals surface area contributed by atoms with Crippen molar-refractivity contribution in [2.24, 2.45) is 0 Å². The van der Waals surface area contributed by atoms with Crippen molar-refractivity contribution in [3.8, 4) is 5.75 Å². The molecule has 1 heterocycles. The Morgan fingerprint density at radius 3 is 2.40 bits per heavy atom. The van der Waals surface area contributed by atoms with Gasteiger partial charge in [0.2, 0.25) is 5.95 Å². The lowest BCUT2D eigenvalue weighted by Gasteiger charge is -2.15. The number of anilines is 4. The molecule has 30 heavy (non-hydrogen) atoms. The fourth-order valence-corrected chi connectivity index (χ4v) is 2.67. The number of nitrogens with zero attached hydrogens (tertiary/aromatic N) is 2. The molecule has 2 aromatic carbocycles. The Morgan fingerprint density at radius 2 is 1.77 bits per heavy atom. The van der Waals surface area contributed by atoms with Crippen LogP contribution in [0.15, 0.2) is 54.7 Å². The third kappa shape index (κ3) is 5.62. The number of benzene rings is 2. The Hall–Kier alpha value is -3.29. The van der Waals surface area contributed by atoms with E-state index in [1.54, 1.807) is 42.5 Å². The van der Waals surface area contributed by atoms with Gasteiger partial charge in [-0.05, 0) is 62.2 Å². The second-order valence-corrected chi connectivity index (χ2v) is 6.93. The number of halogens is 3. The SMILES string of the molecule is CCC(C)Oc1ccc(Nc2ncc(C(F)(F)F)c(Nc3cccc(C)c3)n2)cc1. The van der Waals surface area contributed by atoms with Crippen LogP contribution >= 0.6 is 0 Å². The zero-order valence-electron chi connectivity index (χ0n) is 16.9. The third-order valence-electron chi connectivity index (χ3n) is 4.40. The molecule has 0 saturated carbocycles. The summed E-state index contributed by atoms with van der Waals surface area (Å²) in [6.07, 6.45) is -2.83. The zero-order chi connectivity index (χ0) is 21.7. The van der Waals surface area contributed by atoms with Crippen LogP contribution in [0.2, 0.25) is 0 Å². The molecule has 0 aliphatic carbocycles. The molecular weight excluding hydrogens is 393 g/mol. The molecule has 1 unspecified atom stereocenters. The summed E-state index contributed by atoms with van der Waals surface area (Å²) in [6.45, 7) is 5.87. The molecule has 1 atom stereocenters. The summed E-state index contributed by atoms with van der Waals surface area (Å²) < 4.78 is 46.0. The third-order valence-corrected chi connectivity index (χ3v) is 4.40. The van der Waals surface area contributed by atoms with Crippen LogP contribution in [0.5, 0.6) is 5.75 Å². The maximum Gasteiger partial charge on any atom is 0.421 e. The predicted octanol–water partition coefficient (Wildman–Crippen LogP) is 6.47. The lowest BCUT2D eigenvalue weighted by Crippen LogP contribution is -2.12. The molecule has 3 rings (SSSR count). The van der Waals surface area contributed by atoms with Crippen molar-refractivity contribution in [3.05, 3.63) is 65.9 Å². The first-order chi connectivity index (χ1) is 14.2. The molecule has 2 N–H and O–H groups in total. The standard InChI is InChI=1S/C22H23F3N4O/c1-4-15(3)30-18-10-8-16(9-11-18)28-21-26-13-19(22(23,24)25)20(29-21)27-17-7-5-6-14(2)12-17/h5-13,15H,4H2,1-3H3,(H2,26,27,28,29). The van der Waals surface area contributed by atoms with Crippen molar-refractivity contribution in [3.63, 3.8) is 0 Å². The van der Waals surface area contributed by atoms with Crippen LogP contribution in [-0.4, -0.2) is 16.1 Å². The van der Waals surface area contributed by atoms with Gasteiger partial charge in [0, 0.05) is 17.6 Å². The highest BCUT2D eigenvalue weighted by Gasteiger charge is 2.35. The summed E-state index contributed by atoms with van der Waals surface area (Å²) in [5, 5.41) is 5.68. The summed E-state index contributed by atoms with van der Waals surface area (Å²) in [5.41, 5.74) is 1.12. The van der Waals surface area contributed by atoms with Gasteiger partial charge in [0.1, 0.15) is 17.1 Å².